The van der Waals surface area contributed by atoms with Crippen LogP contribution in [0.4, 0.5) is 20.2 Å². The third-order valence-electron chi connectivity index (χ3n) is 5.29. The van der Waals surface area contributed by atoms with Crippen molar-refractivity contribution in [1.29, 1.82) is 0 Å². The Morgan fingerprint density at radius 3 is 1.37 bits per heavy atom. The maximum absolute atomic E-state index is 13.0. The van der Waals surface area contributed by atoms with Gasteiger partial charge in [-0.3, -0.25) is 29.0 Å². The first-order valence-electron chi connectivity index (χ1n) is 11.0. The van der Waals surface area contributed by atoms with E-state index in [2.05, 4.69) is 10.6 Å². The third kappa shape index (κ3) is 6.62. The van der Waals surface area contributed by atoms with Crippen LogP contribution in [0.15, 0.2) is 58.3 Å². The number of nitrogens with zero attached hydrogens (tertiary/aromatic N) is 2. The van der Waals surface area contributed by atoms with Crippen molar-refractivity contribution < 1.29 is 28.0 Å². The topological polar surface area (TPSA) is 98.8 Å². The van der Waals surface area contributed by atoms with Crippen LogP contribution < -0.4 is 10.6 Å². The highest BCUT2D eigenvalue weighted by Gasteiger charge is 2.42. The summed E-state index contributed by atoms with van der Waals surface area (Å²) in [4.78, 5) is 53.3. The second-order valence-electron chi connectivity index (χ2n) is 7.92. The molecule has 0 bridgehead atoms. The molecular weight excluding hydrogens is 575 g/mol. The SMILES string of the molecule is O=C(CCN1C(=O)/C(=C2\SC(=S)N(CCC(=O)Nc3ccc(F)cc3)C2=O)SC1=S)Nc1ccc(F)cc1. The van der Waals surface area contributed by atoms with Crippen LogP contribution >= 0.6 is 48.0 Å². The second kappa shape index (κ2) is 12.1. The Labute approximate surface area is 235 Å². The molecule has 2 aliphatic rings. The maximum atomic E-state index is 13.0. The number of nitrogens with one attached hydrogen (secondary N) is 2. The molecule has 2 aliphatic heterocycles. The molecule has 2 aromatic carbocycles. The number of anilines is 2. The highest BCUT2D eigenvalue weighted by atomic mass is 32.2. The van der Waals surface area contributed by atoms with Crippen LogP contribution in [0, 0.1) is 11.6 Å². The lowest BCUT2D eigenvalue weighted by Gasteiger charge is -2.14. The summed E-state index contributed by atoms with van der Waals surface area (Å²) in [6.45, 7) is -0.0178. The zero-order chi connectivity index (χ0) is 27.4. The van der Waals surface area contributed by atoms with E-state index in [1.807, 2.05) is 0 Å². The number of halogens is 2. The number of thiocarbonyl (C=S) groups is 2. The number of thioether (sulfide) groups is 2. The molecule has 4 rings (SSSR count). The molecule has 2 fully saturated rings. The highest BCUT2D eigenvalue weighted by molar-refractivity contribution is 8.29. The molecular formula is C24H18F2N4O4S4. The van der Waals surface area contributed by atoms with Crippen LogP contribution in [0.25, 0.3) is 0 Å². The van der Waals surface area contributed by atoms with E-state index in [-0.39, 0.29) is 44.4 Å². The average molecular weight is 593 g/mol. The molecule has 2 N–H and O–H groups in total. The average Bonchev–Trinajstić information content (AvgIpc) is 3.32. The van der Waals surface area contributed by atoms with E-state index in [4.69, 9.17) is 24.4 Å². The van der Waals surface area contributed by atoms with E-state index in [9.17, 15) is 28.0 Å². The minimum Gasteiger partial charge on any atom is -0.326 e. The molecule has 0 aliphatic carbocycles. The van der Waals surface area contributed by atoms with Gasteiger partial charge in [-0.05, 0) is 48.5 Å². The largest absolute Gasteiger partial charge is 0.326 e. The van der Waals surface area contributed by atoms with Gasteiger partial charge in [-0.1, -0.05) is 48.0 Å². The molecule has 2 aromatic rings. The first-order valence-corrected chi connectivity index (χ1v) is 13.5. The number of hydrogen-bond acceptors (Lipinski definition) is 8. The molecule has 196 valence electrons. The maximum Gasteiger partial charge on any atom is 0.267 e. The van der Waals surface area contributed by atoms with E-state index in [0.29, 0.717) is 11.4 Å². The van der Waals surface area contributed by atoms with E-state index < -0.39 is 35.3 Å². The fraction of sp³-hybridized carbons (Fsp3) is 0.167. The van der Waals surface area contributed by atoms with Crippen molar-refractivity contribution in [3.63, 3.8) is 0 Å². The van der Waals surface area contributed by atoms with Crippen LogP contribution in [-0.2, 0) is 19.2 Å². The number of amides is 4. The standard InChI is InChI=1S/C24H18F2N4O4S4/c25-13-1-5-15(6-2-13)27-17(31)9-11-29-21(33)19(37-23(29)35)20-22(34)30(24(36)38-20)12-10-18(32)28-16-7-3-14(26)4-8-16/h1-8H,9-12H2,(H,27,31)(H,28,32)/b20-19+. The molecule has 2 saturated heterocycles. The number of carbonyl (C=O) groups excluding carboxylic acids is 4. The Morgan fingerprint density at radius 2 is 1.03 bits per heavy atom. The lowest BCUT2D eigenvalue weighted by atomic mass is 10.3. The minimum absolute atomic E-state index is 0.00888. The molecule has 0 aromatic heterocycles. The van der Waals surface area contributed by atoms with Gasteiger partial charge in [0.15, 0.2) is 0 Å². The summed E-state index contributed by atoms with van der Waals surface area (Å²) in [5, 5.41) is 5.22. The van der Waals surface area contributed by atoms with Gasteiger partial charge in [0.1, 0.15) is 20.3 Å². The molecule has 0 atom stereocenters. The Hall–Kier alpha value is -3.20. The molecule has 14 heteroatoms. The van der Waals surface area contributed by atoms with E-state index in [0.717, 1.165) is 23.5 Å². The lowest BCUT2D eigenvalue weighted by Crippen LogP contribution is -2.33. The van der Waals surface area contributed by atoms with Crippen LogP contribution in [0.2, 0.25) is 0 Å². The fourth-order valence-electron chi connectivity index (χ4n) is 3.40. The van der Waals surface area contributed by atoms with Crippen LogP contribution in [0.3, 0.4) is 0 Å². The summed E-state index contributed by atoms with van der Waals surface area (Å²) in [7, 11) is 0. The minimum atomic E-state index is -0.510. The van der Waals surface area contributed by atoms with E-state index in [1.54, 1.807) is 0 Å². The summed E-state index contributed by atoms with van der Waals surface area (Å²) in [5.74, 6) is -2.67. The number of hydrogen-bond donors (Lipinski definition) is 2. The van der Waals surface area contributed by atoms with Crippen molar-refractivity contribution >= 4 is 91.6 Å². The van der Waals surface area contributed by atoms with Crippen LogP contribution in [0.1, 0.15) is 12.8 Å². The predicted octanol–water partition coefficient (Wildman–Crippen LogP) is 4.25. The van der Waals surface area contributed by atoms with Gasteiger partial charge in [0.2, 0.25) is 11.8 Å². The smallest absolute Gasteiger partial charge is 0.267 e. The molecule has 0 unspecified atom stereocenters. The molecule has 2 heterocycles. The van der Waals surface area contributed by atoms with Gasteiger partial charge in [0.05, 0.1) is 9.81 Å². The Balaban J connectivity index is 1.34. The molecule has 0 saturated carbocycles. The molecule has 38 heavy (non-hydrogen) atoms. The first kappa shape index (κ1) is 27.8. The van der Waals surface area contributed by atoms with Gasteiger partial charge in [-0.2, -0.15) is 0 Å². The first-order chi connectivity index (χ1) is 18.1. The zero-order valence-corrected chi connectivity index (χ0v) is 22.6. The number of rotatable bonds is 8. The van der Waals surface area contributed by atoms with Gasteiger partial charge in [0.25, 0.3) is 11.8 Å². The van der Waals surface area contributed by atoms with Gasteiger partial charge >= 0.3 is 0 Å². The Kier molecular flexibility index (Phi) is 8.87. The normalized spacial score (nSPS) is 17.4. The van der Waals surface area contributed by atoms with Crippen LogP contribution in [-0.4, -0.2) is 55.2 Å². The van der Waals surface area contributed by atoms with Crippen molar-refractivity contribution in [2.75, 3.05) is 23.7 Å². The fourth-order valence-corrected chi connectivity index (χ4v) is 6.17. The Morgan fingerprint density at radius 1 is 0.684 bits per heavy atom. The van der Waals surface area contributed by atoms with E-state index >= 15 is 0 Å². The van der Waals surface area contributed by atoms with Crippen molar-refractivity contribution in [1.82, 2.24) is 9.80 Å². The quantitative estimate of drug-likeness (QED) is 0.347. The van der Waals surface area contributed by atoms with E-state index in [1.165, 1.54) is 58.3 Å². The van der Waals surface area contributed by atoms with Crippen molar-refractivity contribution in [3.8, 4) is 0 Å². The van der Waals surface area contributed by atoms with Crippen molar-refractivity contribution in [2.45, 2.75) is 12.8 Å². The Bertz CT molecular complexity index is 1260. The number of carbonyl (C=O) groups is 4. The molecule has 4 amide bonds. The van der Waals surface area contributed by atoms with Crippen molar-refractivity contribution in [2.24, 2.45) is 0 Å². The molecule has 0 radical (unpaired) electrons. The van der Waals surface area contributed by atoms with Gasteiger partial charge in [-0.25, -0.2) is 8.78 Å². The summed E-state index contributed by atoms with van der Waals surface area (Å²) >= 11 is 12.5. The zero-order valence-electron chi connectivity index (χ0n) is 19.4. The predicted molar refractivity (Wildman–Crippen MR) is 150 cm³/mol. The van der Waals surface area contributed by atoms with Gasteiger partial charge in [-0.15, -0.1) is 0 Å². The summed E-state index contributed by atoms with van der Waals surface area (Å²) < 4.78 is 26.5. The van der Waals surface area contributed by atoms with Gasteiger partial charge < -0.3 is 10.6 Å². The van der Waals surface area contributed by atoms with Crippen LogP contribution in [0.5, 0.6) is 0 Å². The second-order valence-corrected chi connectivity index (χ2v) is 11.2. The highest BCUT2D eigenvalue weighted by Crippen LogP contribution is 2.42. The number of benzene rings is 2. The summed E-state index contributed by atoms with van der Waals surface area (Å²) in [6, 6.07) is 10.5. The molecule has 0 spiro atoms. The monoisotopic (exact) mass is 592 g/mol. The molecule has 8 nitrogen and oxygen atoms in total. The summed E-state index contributed by atoms with van der Waals surface area (Å²) in [6.07, 6.45) is -0.136. The lowest BCUT2D eigenvalue weighted by molar-refractivity contribution is -0.125. The summed E-state index contributed by atoms with van der Waals surface area (Å²) in [5.41, 5.74) is 0.827. The third-order valence-corrected chi connectivity index (χ3v) is 8.31. The van der Waals surface area contributed by atoms with Crippen molar-refractivity contribution in [3.05, 3.63) is 70.0 Å². The van der Waals surface area contributed by atoms with Gasteiger partial charge in [0, 0.05) is 37.3 Å².